The van der Waals surface area contributed by atoms with E-state index in [-0.39, 0.29) is 0 Å². The van der Waals surface area contributed by atoms with Gasteiger partial charge in [0.1, 0.15) is 11.2 Å². The molecule has 382 valence electrons. The van der Waals surface area contributed by atoms with Gasteiger partial charge in [0.15, 0.2) is 11.2 Å². The molecule has 2 aliphatic carbocycles. The number of nitrogens with zero attached hydrogens (tertiary/aromatic N) is 2. The maximum Gasteiger partial charge on any atom is 0.159 e. The second-order valence-electron chi connectivity index (χ2n) is 22.0. The predicted octanol–water partition coefficient (Wildman–Crippen LogP) is 21.4. The summed E-state index contributed by atoms with van der Waals surface area (Å²) in [5.41, 5.74) is 22.1. The van der Waals surface area contributed by atoms with Crippen LogP contribution in [0.25, 0.3) is 98.4 Å². The van der Waals surface area contributed by atoms with Gasteiger partial charge in [-0.1, -0.05) is 196 Å². The van der Waals surface area contributed by atoms with Gasteiger partial charge in [0, 0.05) is 44.3 Å². The van der Waals surface area contributed by atoms with Crippen molar-refractivity contribution in [3.05, 3.63) is 288 Å². The van der Waals surface area contributed by atoms with E-state index in [1.165, 1.54) is 88.0 Å². The quantitative estimate of drug-likeness (QED) is 0.152. The molecule has 0 saturated carbocycles. The molecule has 0 bridgehead atoms. The maximum atomic E-state index is 6.96. The summed E-state index contributed by atoms with van der Waals surface area (Å²) in [4.78, 5) is 4.75. The maximum absolute atomic E-state index is 6.96. The SMILES string of the molecule is CCc1cccc2c1oc1c(N(c3ccccc3)c3ccc4cc5c(cc4c3)C3(c4ccccc4-c4c3ccc3ccccc43)c3c-5ccc4cc(N(c5ccccc5)c5cccc6c5oc5c(CC)cccc56)ccc34)cccc12. The second kappa shape index (κ2) is 17.4. The Bertz CT molecular complexity index is 5110. The van der Waals surface area contributed by atoms with E-state index in [1.54, 1.807) is 0 Å². The number of fused-ring (bicyclic) bond motifs is 21. The minimum atomic E-state index is -0.641. The van der Waals surface area contributed by atoms with Crippen LogP contribution in [0.5, 0.6) is 0 Å². The number of hydrogen-bond acceptors (Lipinski definition) is 4. The molecule has 0 fully saturated rings. The normalized spacial score (nSPS) is 14.2. The van der Waals surface area contributed by atoms with E-state index < -0.39 is 5.41 Å². The zero-order valence-electron chi connectivity index (χ0n) is 44.9. The molecule has 0 saturated heterocycles. The molecular weight excluding hydrogens is 985 g/mol. The lowest BCUT2D eigenvalue weighted by Gasteiger charge is -2.32. The molecule has 4 nitrogen and oxygen atoms in total. The Hall–Kier alpha value is -10.2. The Morgan fingerprint density at radius 1 is 0.309 bits per heavy atom. The van der Waals surface area contributed by atoms with Crippen molar-refractivity contribution in [2.45, 2.75) is 32.1 Å². The fraction of sp³-hybridized carbons (Fsp3) is 0.0649. The van der Waals surface area contributed by atoms with Crippen molar-refractivity contribution in [1.29, 1.82) is 0 Å². The lowest BCUT2D eigenvalue weighted by atomic mass is 9.69. The van der Waals surface area contributed by atoms with Crippen molar-refractivity contribution in [2.24, 2.45) is 0 Å². The first-order chi connectivity index (χ1) is 40.1. The fourth-order valence-corrected chi connectivity index (χ4v) is 14.4. The Morgan fingerprint density at radius 2 is 0.840 bits per heavy atom. The average Bonchev–Trinajstić information content (AvgIpc) is 2.71. The lowest BCUT2D eigenvalue weighted by molar-refractivity contribution is 0.663. The predicted molar refractivity (Wildman–Crippen MR) is 338 cm³/mol. The smallest absolute Gasteiger partial charge is 0.159 e. The summed E-state index contributed by atoms with van der Waals surface area (Å²) in [6, 6.07) is 94.5. The number of rotatable bonds is 8. The minimum absolute atomic E-state index is 0.641. The molecule has 2 heterocycles. The molecule has 13 aromatic carbocycles. The number of hydrogen-bond donors (Lipinski definition) is 0. The van der Waals surface area contributed by atoms with Crippen molar-refractivity contribution >= 4 is 110 Å². The van der Waals surface area contributed by atoms with E-state index in [9.17, 15) is 0 Å². The molecule has 15 aromatic rings. The van der Waals surface area contributed by atoms with E-state index >= 15 is 0 Å². The van der Waals surface area contributed by atoms with Gasteiger partial charge in [-0.25, -0.2) is 0 Å². The molecule has 0 N–H and O–H groups in total. The second-order valence-corrected chi connectivity index (χ2v) is 22.0. The van der Waals surface area contributed by atoms with Crippen LogP contribution >= 0.6 is 0 Å². The van der Waals surface area contributed by atoms with Crippen molar-refractivity contribution < 1.29 is 8.83 Å². The third-order valence-electron chi connectivity index (χ3n) is 17.9. The third-order valence-corrected chi connectivity index (χ3v) is 17.9. The Labute approximate surface area is 469 Å². The first-order valence-electron chi connectivity index (χ1n) is 28.4. The van der Waals surface area contributed by atoms with E-state index in [4.69, 9.17) is 8.83 Å². The summed E-state index contributed by atoms with van der Waals surface area (Å²) >= 11 is 0. The fourth-order valence-electron chi connectivity index (χ4n) is 14.4. The first kappa shape index (κ1) is 45.8. The van der Waals surface area contributed by atoms with Crippen LogP contribution in [0.3, 0.4) is 0 Å². The number of furan rings is 2. The molecule has 2 aliphatic rings. The topological polar surface area (TPSA) is 32.8 Å². The van der Waals surface area contributed by atoms with Gasteiger partial charge < -0.3 is 18.6 Å². The highest BCUT2D eigenvalue weighted by Crippen LogP contribution is 2.66. The summed E-state index contributed by atoms with van der Waals surface area (Å²) in [5.74, 6) is 0. The molecule has 17 rings (SSSR count). The van der Waals surface area contributed by atoms with Crippen LogP contribution in [0.2, 0.25) is 0 Å². The van der Waals surface area contributed by atoms with E-state index in [0.29, 0.717) is 0 Å². The van der Waals surface area contributed by atoms with Crippen LogP contribution in [-0.4, -0.2) is 0 Å². The zero-order valence-corrected chi connectivity index (χ0v) is 44.9. The van der Waals surface area contributed by atoms with Gasteiger partial charge in [-0.3, -0.25) is 0 Å². The summed E-state index contributed by atoms with van der Waals surface area (Å²) in [7, 11) is 0. The Balaban J connectivity index is 0.906. The van der Waals surface area contributed by atoms with Gasteiger partial charge in [0.25, 0.3) is 0 Å². The van der Waals surface area contributed by atoms with E-state index in [2.05, 4.69) is 278 Å². The van der Waals surface area contributed by atoms with Crippen LogP contribution in [-0.2, 0) is 18.3 Å². The summed E-state index contributed by atoms with van der Waals surface area (Å²) < 4.78 is 13.9. The van der Waals surface area contributed by atoms with Crippen molar-refractivity contribution in [1.82, 2.24) is 0 Å². The van der Waals surface area contributed by atoms with Gasteiger partial charge in [-0.05, 0) is 174 Å². The lowest BCUT2D eigenvalue weighted by Crippen LogP contribution is -2.26. The van der Waals surface area contributed by atoms with Gasteiger partial charge in [-0.15, -0.1) is 0 Å². The molecule has 0 aliphatic heterocycles. The zero-order chi connectivity index (χ0) is 53.5. The van der Waals surface area contributed by atoms with Gasteiger partial charge in [-0.2, -0.15) is 0 Å². The largest absolute Gasteiger partial charge is 0.454 e. The minimum Gasteiger partial charge on any atom is -0.454 e. The van der Waals surface area contributed by atoms with Gasteiger partial charge in [0.2, 0.25) is 0 Å². The average molecular weight is 1040 g/mol. The molecule has 1 spiro atoms. The van der Waals surface area contributed by atoms with Crippen molar-refractivity contribution in [3.8, 4) is 22.3 Å². The first-order valence-corrected chi connectivity index (χ1v) is 28.4. The van der Waals surface area contributed by atoms with Crippen LogP contribution in [0, 0.1) is 0 Å². The molecule has 2 aromatic heterocycles. The number of para-hydroxylation sites is 6. The van der Waals surface area contributed by atoms with Crippen molar-refractivity contribution in [2.75, 3.05) is 9.80 Å². The highest BCUT2D eigenvalue weighted by atomic mass is 16.3. The van der Waals surface area contributed by atoms with Crippen LogP contribution in [0.4, 0.5) is 34.1 Å². The van der Waals surface area contributed by atoms with Crippen LogP contribution < -0.4 is 9.80 Å². The molecule has 0 radical (unpaired) electrons. The van der Waals surface area contributed by atoms with E-state index in [0.717, 1.165) is 90.8 Å². The third kappa shape index (κ3) is 6.42. The molecular formula is C77H52N2O2. The van der Waals surface area contributed by atoms with Crippen LogP contribution in [0.1, 0.15) is 47.2 Å². The summed E-state index contributed by atoms with van der Waals surface area (Å²) in [5, 5.41) is 11.8. The molecule has 81 heavy (non-hydrogen) atoms. The Kier molecular flexibility index (Phi) is 9.85. The monoisotopic (exact) mass is 1040 g/mol. The molecule has 4 heteroatoms. The van der Waals surface area contributed by atoms with Crippen LogP contribution in [0.15, 0.2) is 264 Å². The van der Waals surface area contributed by atoms with E-state index in [1.807, 2.05) is 0 Å². The molecule has 1 atom stereocenters. The molecule has 1 unspecified atom stereocenters. The number of aryl methyl sites for hydroxylation is 2. The molecule has 0 amide bonds. The van der Waals surface area contributed by atoms with Gasteiger partial charge >= 0.3 is 0 Å². The number of anilines is 6. The summed E-state index contributed by atoms with van der Waals surface area (Å²) in [6.45, 7) is 4.40. The van der Waals surface area contributed by atoms with Crippen molar-refractivity contribution in [3.63, 3.8) is 0 Å². The number of benzene rings is 13. The highest BCUT2D eigenvalue weighted by molar-refractivity contribution is 6.15. The summed E-state index contributed by atoms with van der Waals surface area (Å²) in [6.07, 6.45) is 1.79. The van der Waals surface area contributed by atoms with Gasteiger partial charge in [0.05, 0.1) is 16.8 Å². The standard InChI is InChI=1S/C77H52N2O2/c1-3-47-20-15-28-60-62-30-17-33-69(75(62)80-73(47)60)78(53-22-7-5-8-23-53)55-38-35-50-45-65-59-40-36-51-43-56(79(54-24-9-6-10-25-54)70-34-18-31-63-61-29-16-21-48(4-2)74(61)81-76(63)70)39-41-58(51)72(59)77(68(65)46-52(50)44-55)66-32-14-13-27-64(66)71-57-26-12-11-19-49(57)37-42-67(71)77/h5-46H,3-4H2,1-2H3. The Morgan fingerprint density at radius 3 is 1.49 bits per heavy atom. The highest BCUT2D eigenvalue weighted by Gasteiger charge is 2.53.